The van der Waals surface area contributed by atoms with E-state index in [1.807, 2.05) is 0 Å². The van der Waals surface area contributed by atoms with Gasteiger partial charge >= 0.3 is 0 Å². The summed E-state index contributed by atoms with van der Waals surface area (Å²) in [6, 6.07) is 6.11. The number of hydrogen-bond acceptors (Lipinski definition) is 4. The minimum Gasteiger partial charge on any atom is -0.441 e. The van der Waals surface area contributed by atoms with E-state index < -0.39 is 0 Å². The van der Waals surface area contributed by atoms with Crippen LogP contribution in [0.3, 0.4) is 0 Å². The van der Waals surface area contributed by atoms with Gasteiger partial charge in [0.2, 0.25) is 11.8 Å². The van der Waals surface area contributed by atoms with Gasteiger partial charge in [0.25, 0.3) is 0 Å². The average Bonchev–Trinajstić information content (AvgIpc) is 3.01. The number of oxazole rings is 1. The van der Waals surface area contributed by atoms with Crippen molar-refractivity contribution >= 4 is 5.91 Å². The lowest BCUT2D eigenvalue weighted by atomic mass is 9.96. The second kappa shape index (κ2) is 9.32. The Morgan fingerprint density at radius 3 is 2.79 bits per heavy atom. The van der Waals surface area contributed by atoms with Gasteiger partial charge in [-0.15, -0.1) is 0 Å². The number of piperidine rings is 1. The number of aromatic nitrogens is 1. The minimum atomic E-state index is -0.341. The molecule has 2 aromatic rings. The van der Waals surface area contributed by atoms with E-state index in [1.165, 1.54) is 12.1 Å². The van der Waals surface area contributed by atoms with Crippen molar-refractivity contribution in [2.24, 2.45) is 11.8 Å². The third-order valence-corrected chi connectivity index (χ3v) is 5.21. The first-order valence-corrected chi connectivity index (χ1v) is 10.1. The van der Waals surface area contributed by atoms with E-state index in [0.29, 0.717) is 41.3 Å². The zero-order chi connectivity index (χ0) is 20.1. The summed E-state index contributed by atoms with van der Waals surface area (Å²) >= 11 is 0. The van der Waals surface area contributed by atoms with Crippen LogP contribution in [0.1, 0.15) is 38.1 Å². The highest BCUT2D eigenvalue weighted by atomic mass is 19.1. The van der Waals surface area contributed by atoms with E-state index in [-0.39, 0.29) is 18.1 Å². The Balaban J connectivity index is 1.48. The maximum absolute atomic E-state index is 13.4. The highest BCUT2D eigenvalue weighted by Crippen LogP contribution is 2.23. The molecule has 1 aromatic carbocycles. The van der Waals surface area contributed by atoms with Gasteiger partial charge in [-0.25, -0.2) is 9.37 Å². The van der Waals surface area contributed by atoms with E-state index in [1.54, 1.807) is 19.1 Å². The molecule has 0 unspecified atom stereocenters. The van der Waals surface area contributed by atoms with Crippen LogP contribution in [-0.2, 0) is 11.2 Å². The molecule has 1 N–H and O–H groups in total. The zero-order valence-electron chi connectivity index (χ0n) is 17.0. The number of carbonyl (C=O) groups excluding carboxylic acids is 1. The van der Waals surface area contributed by atoms with Gasteiger partial charge in [-0.05, 0) is 62.9 Å². The quantitative estimate of drug-likeness (QED) is 0.785. The molecule has 0 aliphatic carbocycles. The van der Waals surface area contributed by atoms with E-state index >= 15 is 0 Å². The predicted molar refractivity (Wildman–Crippen MR) is 107 cm³/mol. The van der Waals surface area contributed by atoms with Crippen LogP contribution in [0, 0.1) is 24.6 Å². The molecule has 0 bridgehead atoms. The summed E-state index contributed by atoms with van der Waals surface area (Å²) in [6.45, 7) is 10.4. The topological polar surface area (TPSA) is 58.4 Å². The molecule has 3 rings (SSSR count). The third kappa shape index (κ3) is 5.64. The monoisotopic (exact) mass is 387 g/mol. The van der Waals surface area contributed by atoms with Gasteiger partial charge in [0.1, 0.15) is 11.6 Å². The molecule has 1 saturated heterocycles. The second-order valence-corrected chi connectivity index (χ2v) is 8.15. The van der Waals surface area contributed by atoms with Crippen LogP contribution in [0.4, 0.5) is 4.39 Å². The Hall–Kier alpha value is -2.21. The molecule has 1 aliphatic rings. The van der Waals surface area contributed by atoms with Crippen LogP contribution < -0.4 is 5.32 Å². The van der Waals surface area contributed by atoms with E-state index in [9.17, 15) is 9.18 Å². The number of carbonyl (C=O) groups is 1. The number of nitrogens with one attached hydrogen (secondary N) is 1. The number of aryl methyl sites for hydroxylation is 1. The fourth-order valence-electron chi connectivity index (χ4n) is 3.70. The van der Waals surface area contributed by atoms with Crippen molar-refractivity contribution in [1.82, 2.24) is 15.2 Å². The molecule has 152 valence electrons. The molecule has 2 heterocycles. The van der Waals surface area contributed by atoms with Gasteiger partial charge in [0.05, 0.1) is 12.1 Å². The van der Waals surface area contributed by atoms with E-state index in [2.05, 4.69) is 29.0 Å². The van der Waals surface area contributed by atoms with Crippen molar-refractivity contribution in [2.45, 2.75) is 40.0 Å². The van der Waals surface area contributed by atoms with Crippen LogP contribution in [0.25, 0.3) is 11.5 Å². The number of likely N-dealkylation sites (tertiary alicyclic amines) is 1. The largest absolute Gasteiger partial charge is 0.441 e. The Bertz CT molecular complexity index is 795. The Kier molecular flexibility index (Phi) is 6.83. The fourth-order valence-corrected chi connectivity index (χ4v) is 3.70. The molecule has 0 radical (unpaired) electrons. The van der Waals surface area contributed by atoms with Gasteiger partial charge < -0.3 is 14.6 Å². The van der Waals surface area contributed by atoms with Gasteiger partial charge in [-0.2, -0.15) is 0 Å². The first-order valence-electron chi connectivity index (χ1n) is 10.1. The standard InChI is InChI=1S/C22H30FN3O2/c1-15(2)14-26-9-7-17(8-10-26)13-24-21(27)12-20-16(3)28-22(25-20)18-5-4-6-19(23)11-18/h4-6,11,15,17H,7-10,12-14H2,1-3H3,(H,24,27). The molecule has 1 aliphatic heterocycles. The van der Waals surface area contributed by atoms with Crippen LogP contribution in [0.2, 0.25) is 0 Å². The first kappa shape index (κ1) is 20.5. The van der Waals surface area contributed by atoms with Crippen LogP contribution >= 0.6 is 0 Å². The number of halogens is 1. The number of amides is 1. The van der Waals surface area contributed by atoms with Crippen molar-refractivity contribution in [1.29, 1.82) is 0 Å². The highest BCUT2D eigenvalue weighted by molar-refractivity contribution is 5.78. The Morgan fingerprint density at radius 2 is 2.11 bits per heavy atom. The van der Waals surface area contributed by atoms with Crippen LogP contribution in [-0.4, -0.2) is 42.0 Å². The Morgan fingerprint density at radius 1 is 1.36 bits per heavy atom. The van der Waals surface area contributed by atoms with Gasteiger partial charge in [-0.3, -0.25) is 4.79 Å². The second-order valence-electron chi connectivity index (χ2n) is 8.15. The SMILES string of the molecule is Cc1oc(-c2cccc(F)c2)nc1CC(=O)NCC1CCN(CC(C)C)CC1. The Labute approximate surface area is 166 Å². The molecular weight excluding hydrogens is 357 g/mol. The van der Waals surface area contributed by atoms with Crippen molar-refractivity contribution < 1.29 is 13.6 Å². The number of benzene rings is 1. The zero-order valence-corrected chi connectivity index (χ0v) is 17.0. The molecule has 0 atom stereocenters. The highest BCUT2D eigenvalue weighted by Gasteiger charge is 2.21. The first-order chi connectivity index (χ1) is 13.4. The lowest BCUT2D eigenvalue weighted by molar-refractivity contribution is -0.120. The smallest absolute Gasteiger partial charge is 0.226 e. The fraction of sp³-hybridized carbons (Fsp3) is 0.545. The summed E-state index contributed by atoms with van der Waals surface area (Å²) in [5.41, 5.74) is 1.17. The van der Waals surface area contributed by atoms with Gasteiger partial charge in [0, 0.05) is 18.7 Å². The maximum Gasteiger partial charge on any atom is 0.226 e. The van der Waals surface area contributed by atoms with Crippen LogP contribution in [0.5, 0.6) is 0 Å². The molecule has 0 saturated carbocycles. The average molecular weight is 387 g/mol. The molecule has 1 aromatic heterocycles. The van der Waals surface area contributed by atoms with Gasteiger partial charge in [0.15, 0.2) is 0 Å². The molecule has 0 spiro atoms. The van der Waals surface area contributed by atoms with Crippen LogP contribution in [0.15, 0.2) is 28.7 Å². The number of rotatable bonds is 7. The molecule has 1 amide bonds. The molecule has 6 heteroatoms. The summed E-state index contributed by atoms with van der Waals surface area (Å²) in [5.74, 6) is 1.78. The summed E-state index contributed by atoms with van der Waals surface area (Å²) in [4.78, 5) is 19.3. The summed E-state index contributed by atoms with van der Waals surface area (Å²) < 4.78 is 19.0. The van der Waals surface area contributed by atoms with Crippen molar-refractivity contribution in [3.8, 4) is 11.5 Å². The predicted octanol–water partition coefficient (Wildman–Crippen LogP) is 3.82. The lowest BCUT2D eigenvalue weighted by Gasteiger charge is -2.33. The lowest BCUT2D eigenvalue weighted by Crippen LogP contribution is -2.40. The van der Waals surface area contributed by atoms with Crippen molar-refractivity contribution in [3.05, 3.63) is 41.5 Å². The van der Waals surface area contributed by atoms with Crippen molar-refractivity contribution in [3.63, 3.8) is 0 Å². The summed E-state index contributed by atoms with van der Waals surface area (Å²) in [6.07, 6.45) is 2.43. The summed E-state index contributed by atoms with van der Waals surface area (Å²) in [7, 11) is 0. The number of nitrogens with zero attached hydrogens (tertiary/aromatic N) is 2. The molecule has 1 fully saturated rings. The molecule has 5 nitrogen and oxygen atoms in total. The minimum absolute atomic E-state index is 0.0493. The maximum atomic E-state index is 13.4. The number of hydrogen-bond donors (Lipinski definition) is 1. The van der Waals surface area contributed by atoms with Gasteiger partial charge in [-0.1, -0.05) is 19.9 Å². The third-order valence-electron chi connectivity index (χ3n) is 5.21. The summed E-state index contributed by atoms with van der Waals surface area (Å²) in [5, 5.41) is 3.04. The van der Waals surface area contributed by atoms with Crippen molar-refractivity contribution in [2.75, 3.05) is 26.2 Å². The van der Waals surface area contributed by atoms with E-state index in [0.717, 1.165) is 32.5 Å². The molecular formula is C22H30FN3O2. The molecule has 28 heavy (non-hydrogen) atoms. The normalized spacial score (nSPS) is 15.9. The van der Waals surface area contributed by atoms with E-state index in [4.69, 9.17) is 4.42 Å².